The molecule has 6 N–H and O–H groups in total. The van der Waals surface area contributed by atoms with Gasteiger partial charge in [-0.15, -0.1) is 0 Å². The summed E-state index contributed by atoms with van der Waals surface area (Å²) >= 11 is 0. The Morgan fingerprint density at radius 2 is 1.55 bits per heavy atom. The van der Waals surface area contributed by atoms with E-state index in [9.17, 15) is 0 Å². The summed E-state index contributed by atoms with van der Waals surface area (Å²) in [5.41, 5.74) is 11.1. The molecule has 4 nitrogen and oxygen atoms in total. The largest absolute Gasteiger partial charge is 0.399 e. The maximum atomic E-state index is 8.87. The average molecular weight is 154 g/mol. The van der Waals surface area contributed by atoms with Crippen molar-refractivity contribution in [3.8, 4) is 0 Å². The second-order valence-corrected chi connectivity index (χ2v) is 2.35. The fourth-order valence-corrected chi connectivity index (χ4v) is 0.728. The van der Waals surface area contributed by atoms with Gasteiger partial charge in [-0.25, -0.2) is 0 Å². The van der Waals surface area contributed by atoms with Gasteiger partial charge in [-0.3, -0.25) is 5.73 Å². The first-order valence-corrected chi connectivity index (χ1v) is 3.10. The van der Waals surface area contributed by atoms with E-state index in [1.807, 2.05) is 0 Å². The Morgan fingerprint density at radius 3 is 1.91 bits per heavy atom. The van der Waals surface area contributed by atoms with E-state index in [-0.39, 0.29) is 5.56 Å². The molecular weight excluding hydrogens is 144 g/mol. The van der Waals surface area contributed by atoms with E-state index in [1.54, 1.807) is 12.1 Å². The Morgan fingerprint density at radius 1 is 1.09 bits per heavy atom. The Kier molecular flexibility index (Phi) is 1.82. The number of benzene rings is 1. The Labute approximate surface area is 64.1 Å². The molecule has 60 valence electrons. The lowest BCUT2D eigenvalue weighted by atomic mass is 10.1. The zero-order chi connectivity index (χ0) is 8.48. The van der Waals surface area contributed by atoms with Crippen LogP contribution in [0, 0.1) is 0 Å². The lowest BCUT2D eigenvalue weighted by Crippen LogP contribution is -2.35. The van der Waals surface area contributed by atoms with E-state index in [0.717, 1.165) is 0 Å². The van der Waals surface area contributed by atoms with Crippen molar-refractivity contribution >= 4 is 5.69 Å². The summed E-state index contributed by atoms with van der Waals surface area (Å²) in [5.74, 6) is -2.27. The summed E-state index contributed by atoms with van der Waals surface area (Å²) in [5, 5.41) is 17.7. The number of rotatable bonds is 1. The molecule has 0 unspecified atom stereocenters. The van der Waals surface area contributed by atoms with Crippen molar-refractivity contribution in [2.75, 3.05) is 5.73 Å². The SMILES string of the molecule is Nc1ccc(C(N)(O)O)cc1. The van der Waals surface area contributed by atoms with Crippen LogP contribution in [0.5, 0.6) is 0 Å². The van der Waals surface area contributed by atoms with Crippen molar-refractivity contribution in [2.45, 2.75) is 5.91 Å². The summed E-state index contributed by atoms with van der Waals surface area (Å²) in [4.78, 5) is 0. The van der Waals surface area contributed by atoms with Crippen LogP contribution in [0.4, 0.5) is 5.69 Å². The molecule has 0 bridgehead atoms. The summed E-state index contributed by atoms with van der Waals surface area (Å²) < 4.78 is 0. The third-order valence-electron chi connectivity index (χ3n) is 1.34. The van der Waals surface area contributed by atoms with E-state index in [2.05, 4.69) is 0 Å². The van der Waals surface area contributed by atoms with E-state index in [4.69, 9.17) is 21.7 Å². The zero-order valence-electron chi connectivity index (χ0n) is 5.86. The summed E-state index contributed by atoms with van der Waals surface area (Å²) in [6.07, 6.45) is 0. The Balaban J connectivity index is 2.99. The number of anilines is 1. The average Bonchev–Trinajstić information content (AvgIpc) is 1.86. The van der Waals surface area contributed by atoms with Crippen LogP contribution >= 0.6 is 0 Å². The standard InChI is InChI=1S/C7H10N2O2/c8-6-3-1-5(2-4-6)7(9,10)11/h1-4,10-11H,8-9H2. The molecule has 4 heteroatoms. The molecule has 0 saturated carbocycles. The molecule has 0 aromatic heterocycles. The normalized spacial score (nSPS) is 11.5. The molecule has 1 rings (SSSR count). The van der Waals surface area contributed by atoms with Crippen molar-refractivity contribution in [3.05, 3.63) is 29.8 Å². The fourth-order valence-electron chi connectivity index (χ4n) is 0.728. The van der Waals surface area contributed by atoms with Crippen LogP contribution in [0.3, 0.4) is 0 Å². The lowest BCUT2D eigenvalue weighted by molar-refractivity contribution is -0.163. The summed E-state index contributed by atoms with van der Waals surface area (Å²) in [6, 6.07) is 6.00. The molecule has 1 aromatic carbocycles. The quantitative estimate of drug-likeness (QED) is 0.318. The van der Waals surface area contributed by atoms with Crippen molar-refractivity contribution in [3.63, 3.8) is 0 Å². The highest BCUT2D eigenvalue weighted by atomic mass is 16.5. The number of aliphatic hydroxyl groups is 2. The molecule has 0 amide bonds. The highest BCUT2D eigenvalue weighted by Crippen LogP contribution is 2.13. The summed E-state index contributed by atoms with van der Waals surface area (Å²) in [7, 11) is 0. The van der Waals surface area contributed by atoms with Crippen LogP contribution in [0.15, 0.2) is 24.3 Å². The van der Waals surface area contributed by atoms with Crippen LogP contribution < -0.4 is 11.5 Å². The lowest BCUT2D eigenvalue weighted by Gasteiger charge is -2.15. The molecule has 11 heavy (non-hydrogen) atoms. The number of hydrogen-bond acceptors (Lipinski definition) is 4. The first-order valence-electron chi connectivity index (χ1n) is 3.10. The van der Waals surface area contributed by atoms with Crippen LogP contribution in [0.25, 0.3) is 0 Å². The minimum atomic E-state index is -2.27. The molecule has 0 spiro atoms. The van der Waals surface area contributed by atoms with Crippen molar-refractivity contribution in [2.24, 2.45) is 5.73 Å². The topological polar surface area (TPSA) is 92.5 Å². The molecule has 0 fully saturated rings. The van der Waals surface area contributed by atoms with Gasteiger partial charge in [0.05, 0.1) is 0 Å². The summed E-state index contributed by atoms with van der Waals surface area (Å²) in [6.45, 7) is 0. The van der Waals surface area contributed by atoms with Crippen molar-refractivity contribution in [1.29, 1.82) is 0 Å². The highest BCUT2D eigenvalue weighted by Gasteiger charge is 2.18. The molecule has 0 saturated heterocycles. The molecule has 1 aromatic rings. The molecule has 0 aliphatic rings. The van der Waals surface area contributed by atoms with Gasteiger partial charge in [-0.1, -0.05) is 12.1 Å². The van der Waals surface area contributed by atoms with Gasteiger partial charge in [0.2, 0.25) is 5.91 Å². The monoisotopic (exact) mass is 154 g/mol. The second-order valence-electron chi connectivity index (χ2n) is 2.35. The van der Waals surface area contributed by atoms with Crippen molar-refractivity contribution in [1.82, 2.24) is 0 Å². The maximum absolute atomic E-state index is 8.87. The maximum Gasteiger partial charge on any atom is 0.248 e. The Bertz CT molecular complexity index is 238. The van der Waals surface area contributed by atoms with E-state index in [0.29, 0.717) is 5.69 Å². The van der Waals surface area contributed by atoms with E-state index < -0.39 is 5.91 Å². The van der Waals surface area contributed by atoms with Gasteiger partial charge in [0.25, 0.3) is 0 Å². The van der Waals surface area contributed by atoms with Gasteiger partial charge in [-0.2, -0.15) is 0 Å². The Hall–Kier alpha value is -1.10. The molecule has 0 atom stereocenters. The van der Waals surface area contributed by atoms with Gasteiger partial charge in [0, 0.05) is 11.3 Å². The minimum absolute atomic E-state index is 0.215. The first-order chi connectivity index (χ1) is 5.00. The molecular formula is C7H10N2O2. The number of nitrogen functional groups attached to an aromatic ring is 1. The smallest absolute Gasteiger partial charge is 0.248 e. The van der Waals surface area contributed by atoms with Gasteiger partial charge in [0.15, 0.2) is 0 Å². The minimum Gasteiger partial charge on any atom is -0.399 e. The van der Waals surface area contributed by atoms with Crippen LogP contribution in [0.1, 0.15) is 5.56 Å². The predicted molar refractivity (Wildman–Crippen MR) is 41.2 cm³/mol. The fraction of sp³-hybridized carbons (Fsp3) is 0.143. The van der Waals surface area contributed by atoms with Gasteiger partial charge < -0.3 is 15.9 Å². The number of nitrogens with two attached hydrogens (primary N) is 2. The van der Waals surface area contributed by atoms with Crippen LogP contribution in [-0.4, -0.2) is 10.2 Å². The van der Waals surface area contributed by atoms with Gasteiger partial charge in [-0.05, 0) is 12.1 Å². The van der Waals surface area contributed by atoms with Crippen LogP contribution in [0.2, 0.25) is 0 Å². The predicted octanol–water partition coefficient (Wildman–Crippen LogP) is -0.678. The van der Waals surface area contributed by atoms with E-state index in [1.165, 1.54) is 12.1 Å². The third kappa shape index (κ3) is 1.91. The highest BCUT2D eigenvalue weighted by molar-refractivity contribution is 5.40. The van der Waals surface area contributed by atoms with Crippen LogP contribution in [-0.2, 0) is 5.91 Å². The molecule has 0 radical (unpaired) electrons. The first kappa shape index (κ1) is 8.00. The number of hydrogen-bond donors (Lipinski definition) is 4. The third-order valence-corrected chi connectivity index (χ3v) is 1.34. The molecule has 0 aliphatic carbocycles. The molecule has 0 aliphatic heterocycles. The zero-order valence-corrected chi connectivity index (χ0v) is 5.86. The second kappa shape index (κ2) is 2.50. The molecule has 0 heterocycles. The van der Waals surface area contributed by atoms with E-state index >= 15 is 0 Å². The van der Waals surface area contributed by atoms with Gasteiger partial charge in [0.1, 0.15) is 0 Å². The van der Waals surface area contributed by atoms with Gasteiger partial charge >= 0.3 is 0 Å². The van der Waals surface area contributed by atoms with Crippen molar-refractivity contribution < 1.29 is 10.2 Å².